The summed E-state index contributed by atoms with van der Waals surface area (Å²) in [4.78, 5) is 5.46. The van der Waals surface area contributed by atoms with Crippen LogP contribution >= 0.6 is 11.3 Å². The van der Waals surface area contributed by atoms with Crippen LogP contribution in [0, 0.1) is 20.8 Å². The van der Waals surface area contributed by atoms with E-state index >= 15 is 0 Å². The smallest absolute Gasteiger partial charge is 0.124 e. The van der Waals surface area contributed by atoms with Gasteiger partial charge in [0.1, 0.15) is 10.8 Å². The van der Waals surface area contributed by atoms with E-state index in [0.717, 1.165) is 38.0 Å². The molecule has 0 aliphatic heterocycles. The highest BCUT2D eigenvalue weighted by molar-refractivity contribution is 7.15. The number of aliphatic hydroxyl groups is 1. The van der Waals surface area contributed by atoms with Crippen molar-refractivity contribution in [3.8, 4) is 16.3 Å². The summed E-state index contributed by atoms with van der Waals surface area (Å²) in [6.07, 6.45) is 0. The molecule has 3 nitrogen and oxygen atoms in total. The lowest BCUT2D eigenvalue weighted by Crippen LogP contribution is -1.91. The van der Waals surface area contributed by atoms with Gasteiger partial charge in [-0.25, -0.2) is 4.98 Å². The van der Waals surface area contributed by atoms with Gasteiger partial charge in [0.2, 0.25) is 0 Å². The Labute approximate surface area is 111 Å². The second kappa shape index (κ2) is 5.08. The van der Waals surface area contributed by atoms with E-state index < -0.39 is 0 Å². The van der Waals surface area contributed by atoms with Crippen molar-refractivity contribution in [1.29, 1.82) is 0 Å². The molecule has 1 N–H and O–H groups in total. The maximum absolute atomic E-state index is 9.24. The predicted octanol–water partition coefficient (Wildman–Crippen LogP) is 3.24. The summed E-state index contributed by atoms with van der Waals surface area (Å²) in [6, 6.07) is 4.12. The van der Waals surface area contributed by atoms with Crippen molar-refractivity contribution in [2.45, 2.75) is 27.4 Å². The predicted molar refractivity (Wildman–Crippen MR) is 74.2 cm³/mol. The summed E-state index contributed by atoms with van der Waals surface area (Å²) in [5.74, 6) is 0.895. The van der Waals surface area contributed by atoms with Crippen molar-refractivity contribution in [1.82, 2.24) is 4.98 Å². The first-order valence-corrected chi connectivity index (χ1v) is 6.61. The minimum absolute atomic E-state index is 0.0533. The van der Waals surface area contributed by atoms with Crippen molar-refractivity contribution in [2.75, 3.05) is 7.11 Å². The van der Waals surface area contributed by atoms with Crippen LogP contribution in [0.5, 0.6) is 5.75 Å². The maximum Gasteiger partial charge on any atom is 0.124 e. The third kappa shape index (κ3) is 2.26. The molecule has 1 aromatic carbocycles. The number of thiazole rings is 1. The van der Waals surface area contributed by atoms with Crippen LogP contribution in [-0.4, -0.2) is 17.2 Å². The molecule has 0 fully saturated rings. The molecular formula is C14H17NO2S. The van der Waals surface area contributed by atoms with E-state index in [1.54, 1.807) is 18.4 Å². The Morgan fingerprint density at radius 2 is 1.94 bits per heavy atom. The van der Waals surface area contributed by atoms with Crippen molar-refractivity contribution < 1.29 is 9.84 Å². The Hall–Kier alpha value is -1.39. The molecule has 0 unspecified atom stereocenters. The minimum atomic E-state index is 0.0533. The standard InChI is InChI=1S/C14H17NO2S/c1-8-6-12(17-4)9(2)5-11(8)14-15-10(3)13(7-16)18-14/h5-6,16H,7H2,1-4H3. The first-order valence-electron chi connectivity index (χ1n) is 5.79. The second-order valence-electron chi connectivity index (χ2n) is 4.32. The van der Waals surface area contributed by atoms with Crippen molar-refractivity contribution in [3.05, 3.63) is 33.8 Å². The molecule has 18 heavy (non-hydrogen) atoms. The number of aryl methyl sites for hydroxylation is 3. The van der Waals surface area contributed by atoms with Gasteiger partial charge < -0.3 is 9.84 Å². The van der Waals surface area contributed by atoms with Crippen LogP contribution in [0.2, 0.25) is 0 Å². The fourth-order valence-electron chi connectivity index (χ4n) is 1.93. The van der Waals surface area contributed by atoms with Gasteiger partial charge in [0, 0.05) is 5.56 Å². The van der Waals surface area contributed by atoms with E-state index in [2.05, 4.69) is 11.1 Å². The molecule has 0 bridgehead atoms. The zero-order chi connectivity index (χ0) is 13.3. The van der Waals surface area contributed by atoms with E-state index in [9.17, 15) is 5.11 Å². The molecule has 0 amide bonds. The van der Waals surface area contributed by atoms with Crippen LogP contribution in [0.3, 0.4) is 0 Å². The van der Waals surface area contributed by atoms with Gasteiger partial charge in [-0.15, -0.1) is 11.3 Å². The topological polar surface area (TPSA) is 42.4 Å². The van der Waals surface area contributed by atoms with Crippen LogP contribution < -0.4 is 4.74 Å². The number of rotatable bonds is 3. The van der Waals surface area contributed by atoms with Gasteiger partial charge in [-0.05, 0) is 44.0 Å². The molecule has 0 radical (unpaired) electrons. The van der Waals surface area contributed by atoms with Crippen LogP contribution in [0.1, 0.15) is 21.7 Å². The summed E-state index contributed by atoms with van der Waals surface area (Å²) >= 11 is 1.55. The Bertz CT molecular complexity index is 575. The fourth-order valence-corrected chi connectivity index (χ4v) is 2.93. The monoisotopic (exact) mass is 263 g/mol. The second-order valence-corrected chi connectivity index (χ2v) is 5.41. The lowest BCUT2D eigenvalue weighted by Gasteiger charge is -2.09. The molecule has 0 aliphatic rings. The minimum Gasteiger partial charge on any atom is -0.496 e. The average Bonchev–Trinajstić information content (AvgIpc) is 2.72. The average molecular weight is 263 g/mol. The van der Waals surface area contributed by atoms with E-state index in [1.165, 1.54) is 0 Å². The molecule has 0 saturated carbocycles. The zero-order valence-corrected chi connectivity index (χ0v) is 11.9. The number of aliphatic hydroxyl groups excluding tert-OH is 1. The van der Waals surface area contributed by atoms with Crippen molar-refractivity contribution in [3.63, 3.8) is 0 Å². The molecule has 0 spiro atoms. The third-order valence-electron chi connectivity index (χ3n) is 3.01. The lowest BCUT2D eigenvalue weighted by molar-refractivity contribution is 0.284. The SMILES string of the molecule is COc1cc(C)c(-c2nc(C)c(CO)s2)cc1C. The lowest BCUT2D eigenvalue weighted by atomic mass is 10.1. The number of hydrogen-bond donors (Lipinski definition) is 1. The molecule has 2 aromatic rings. The molecule has 0 aliphatic carbocycles. The highest BCUT2D eigenvalue weighted by atomic mass is 32.1. The summed E-state index contributed by atoms with van der Waals surface area (Å²) in [5.41, 5.74) is 4.25. The normalized spacial score (nSPS) is 10.7. The van der Waals surface area contributed by atoms with Gasteiger partial charge in [-0.1, -0.05) is 0 Å². The summed E-state index contributed by atoms with van der Waals surface area (Å²) < 4.78 is 5.31. The van der Waals surface area contributed by atoms with Gasteiger partial charge in [0.05, 0.1) is 24.3 Å². The van der Waals surface area contributed by atoms with Crippen molar-refractivity contribution >= 4 is 11.3 Å². The molecule has 0 atom stereocenters. The number of aromatic nitrogens is 1. The Kier molecular flexibility index (Phi) is 3.68. The van der Waals surface area contributed by atoms with E-state index in [1.807, 2.05) is 26.8 Å². The molecule has 96 valence electrons. The molecule has 2 rings (SSSR count). The van der Waals surface area contributed by atoms with Gasteiger partial charge in [0.25, 0.3) is 0 Å². The fraction of sp³-hybridized carbons (Fsp3) is 0.357. The number of nitrogens with zero attached hydrogens (tertiary/aromatic N) is 1. The number of methoxy groups -OCH3 is 1. The largest absolute Gasteiger partial charge is 0.496 e. The summed E-state index contributed by atoms with van der Waals surface area (Å²) in [6.45, 7) is 6.05. The Balaban J connectivity index is 2.53. The number of hydrogen-bond acceptors (Lipinski definition) is 4. The molecule has 0 saturated heterocycles. The van der Waals surface area contributed by atoms with Gasteiger partial charge in [0.15, 0.2) is 0 Å². The van der Waals surface area contributed by atoms with Crippen molar-refractivity contribution in [2.24, 2.45) is 0 Å². The molecule has 4 heteroatoms. The van der Waals surface area contributed by atoms with E-state index in [-0.39, 0.29) is 6.61 Å². The third-order valence-corrected chi connectivity index (χ3v) is 4.18. The summed E-state index contributed by atoms with van der Waals surface area (Å²) in [7, 11) is 1.68. The van der Waals surface area contributed by atoms with Gasteiger partial charge in [-0.3, -0.25) is 0 Å². The highest BCUT2D eigenvalue weighted by Crippen LogP contribution is 2.33. The maximum atomic E-state index is 9.24. The Morgan fingerprint density at radius 3 is 2.50 bits per heavy atom. The van der Waals surface area contributed by atoms with Crippen LogP contribution in [0.15, 0.2) is 12.1 Å². The van der Waals surface area contributed by atoms with Crippen LogP contribution in [0.25, 0.3) is 10.6 Å². The molecule has 1 aromatic heterocycles. The number of ether oxygens (including phenoxy) is 1. The summed E-state index contributed by atoms with van der Waals surface area (Å²) in [5, 5.41) is 10.2. The highest BCUT2D eigenvalue weighted by Gasteiger charge is 2.12. The van der Waals surface area contributed by atoms with E-state index in [0.29, 0.717) is 0 Å². The first kappa shape index (κ1) is 13.1. The quantitative estimate of drug-likeness (QED) is 0.924. The van der Waals surface area contributed by atoms with E-state index in [4.69, 9.17) is 4.74 Å². The first-order chi connectivity index (χ1) is 8.56. The zero-order valence-electron chi connectivity index (χ0n) is 11.1. The van der Waals surface area contributed by atoms with Gasteiger partial charge in [-0.2, -0.15) is 0 Å². The molecule has 1 heterocycles. The van der Waals surface area contributed by atoms with Crippen LogP contribution in [-0.2, 0) is 6.61 Å². The Morgan fingerprint density at radius 1 is 1.22 bits per heavy atom. The number of benzene rings is 1. The van der Waals surface area contributed by atoms with Gasteiger partial charge >= 0.3 is 0 Å². The van der Waals surface area contributed by atoms with Crippen LogP contribution in [0.4, 0.5) is 0 Å². The molecular weight excluding hydrogens is 246 g/mol.